The summed E-state index contributed by atoms with van der Waals surface area (Å²) in [5.74, 6) is -0.494. The van der Waals surface area contributed by atoms with Gasteiger partial charge in [-0.25, -0.2) is 4.79 Å². The highest BCUT2D eigenvalue weighted by atomic mass is 16.7. The van der Waals surface area contributed by atoms with Crippen LogP contribution in [0.5, 0.6) is 5.75 Å². The molecule has 0 saturated heterocycles. The van der Waals surface area contributed by atoms with E-state index in [0.29, 0.717) is 10.9 Å². The molecule has 1 heterocycles. The van der Waals surface area contributed by atoms with Gasteiger partial charge >= 0.3 is 5.97 Å². The standard InChI is InChI=1S/C10H10N2O3/c11-5-10(14)15-12-6-9(13)7-3-1-2-4-8(7)12/h1-4,6,13H,5,11H2. The maximum Gasteiger partial charge on any atom is 0.346 e. The minimum atomic E-state index is -0.559. The number of benzene rings is 1. The molecular formula is C10H10N2O3. The second kappa shape index (κ2) is 3.62. The average Bonchev–Trinajstić information content (AvgIpc) is 2.57. The zero-order valence-corrected chi connectivity index (χ0v) is 7.88. The molecule has 0 fully saturated rings. The van der Waals surface area contributed by atoms with Crippen LogP contribution in [0.3, 0.4) is 0 Å². The van der Waals surface area contributed by atoms with Crippen LogP contribution in [0.15, 0.2) is 30.5 Å². The summed E-state index contributed by atoms with van der Waals surface area (Å²) in [5, 5.41) is 10.2. The van der Waals surface area contributed by atoms with E-state index < -0.39 is 5.97 Å². The summed E-state index contributed by atoms with van der Waals surface area (Å²) >= 11 is 0. The second-order valence-electron chi connectivity index (χ2n) is 3.02. The number of para-hydroxylation sites is 1. The summed E-state index contributed by atoms with van der Waals surface area (Å²) in [5.41, 5.74) is 5.74. The van der Waals surface area contributed by atoms with Gasteiger partial charge in [0, 0.05) is 5.39 Å². The molecule has 0 spiro atoms. The third-order valence-corrected chi connectivity index (χ3v) is 2.02. The lowest BCUT2D eigenvalue weighted by molar-refractivity contribution is -0.141. The van der Waals surface area contributed by atoms with E-state index in [0.717, 1.165) is 0 Å². The fraction of sp³-hybridized carbons (Fsp3) is 0.100. The number of fused-ring (bicyclic) bond motifs is 1. The first-order valence-electron chi connectivity index (χ1n) is 4.42. The summed E-state index contributed by atoms with van der Waals surface area (Å²) in [4.78, 5) is 15.9. The van der Waals surface area contributed by atoms with Crippen molar-refractivity contribution < 1.29 is 14.7 Å². The number of nitrogens with two attached hydrogens (primary N) is 1. The Bertz CT molecular complexity index is 504. The average molecular weight is 206 g/mol. The molecule has 78 valence electrons. The Hall–Kier alpha value is -2.01. The first-order valence-corrected chi connectivity index (χ1v) is 4.42. The van der Waals surface area contributed by atoms with Crippen LogP contribution in [0, 0.1) is 0 Å². The van der Waals surface area contributed by atoms with E-state index in [9.17, 15) is 9.90 Å². The zero-order valence-electron chi connectivity index (χ0n) is 7.88. The Morgan fingerprint density at radius 2 is 2.20 bits per heavy atom. The van der Waals surface area contributed by atoms with Gasteiger partial charge in [0.05, 0.1) is 18.3 Å². The Morgan fingerprint density at radius 1 is 1.47 bits per heavy atom. The van der Waals surface area contributed by atoms with Crippen molar-refractivity contribution in [3.8, 4) is 5.75 Å². The van der Waals surface area contributed by atoms with Crippen LogP contribution in [-0.2, 0) is 4.79 Å². The maximum atomic E-state index is 11.0. The number of carbonyl (C=O) groups is 1. The molecule has 0 unspecified atom stereocenters. The van der Waals surface area contributed by atoms with Crippen molar-refractivity contribution >= 4 is 16.9 Å². The summed E-state index contributed by atoms with van der Waals surface area (Å²) < 4.78 is 1.21. The first-order chi connectivity index (χ1) is 7.22. The summed E-state index contributed by atoms with van der Waals surface area (Å²) in [6, 6.07) is 7.04. The van der Waals surface area contributed by atoms with Crippen molar-refractivity contribution in [2.45, 2.75) is 0 Å². The molecule has 2 rings (SSSR count). The Labute approximate surface area is 85.6 Å². The van der Waals surface area contributed by atoms with Crippen LogP contribution in [0.4, 0.5) is 0 Å². The van der Waals surface area contributed by atoms with Gasteiger partial charge in [-0.3, -0.25) is 0 Å². The fourth-order valence-electron chi connectivity index (χ4n) is 1.36. The van der Waals surface area contributed by atoms with Crippen LogP contribution in [0.2, 0.25) is 0 Å². The van der Waals surface area contributed by atoms with Crippen molar-refractivity contribution in [3.05, 3.63) is 30.5 Å². The Kier molecular flexibility index (Phi) is 2.31. The molecule has 2 aromatic rings. The van der Waals surface area contributed by atoms with E-state index >= 15 is 0 Å². The molecular weight excluding hydrogens is 196 g/mol. The van der Waals surface area contributed by atoms with Crippen molar-refractivity contribution in [3.63, 3.8) is 0 Å². The number of hydrogen-bond acceptors (Lipinski definition) is 4. The number of carbonyl (C=O) groups excluding carboxylic acids is 1. The van der Waals surface area contributed by atoms with E-state index in [4.69, 9.17) is 10.6 Å². The minimum absolute atomic E-state index is 0.0652. The zero-order chi connectivity index (χ0) is 10.8. The molecule has 1 aromatic carbocycles. The molecule has 3 N–H and O–H groups in total. The lowest BCUT2D eigenvalue weighted by Gasteiger charge is -2.03. The second-order valence-corrected chi connectivity index (χ2v) is 3.02. The summed E-state index contributed by atoms with van der Waals surface area (Å²) in [7, 11) is 0. The van der Waals surface area contributed by atoms with Gasteiger partial charge in [-0.1, -0.05) is 12.1 Å². The highest BCUT2D eigenvalue weighted by Gasteiger charge is 2.09. The van der Waals surface area contributed by atoms with Gasteiger partial charge in [0.1, 0.15) is 5.75 Å². The van der Waals surface area contributed by atoms with Gasteiger partial charge in [0.2, 0.25) is 0 Å². The van der Waals surface area contributed by atoms with Crippen LogP contribution >= 0.6 is 0 Å². The van der Waals surface area contributed by atoms with Crippen LogP contribution in [-0.4, -0.2) is 22.4 Å². The molecule has 1 aromatic heterocycles. The Balaban J connectivity index is 2.48. The van der Waals surface area contributed by atoms with Gasteiger partial charge in [0.15, 0.2) is 0 Å². The molecule has 0 saturated carbocycles. The highest BCUT2D eigenvalue weighted by Crippen LogP contribution is 2.25. The smallest absolute Gasteiger partial charge is 0.346 e. The van der Waals surface area contributed by atoms with E-state index in [2.05, 4.69) is 0 Å². The van der Waals surface area contributed by atoms with Gasteiger partial charge in [-0.05, 0) is 12.1 Å². The van der Waals surface area contributed by atoms with E-state index in [1.807, 2.05) is 0 Å². The molecule has 15 heavy (non-hydrogen) atoms. The van der Waals surface area contributed by atoms with Crippen molar-refractivity contribution in [1.29, 1.82) is 0 Å². The van der Waals surface area contributed by atoms with Crippen molar-refractivity contribution in [2.75, 3.05) is 6.54 Å². The molecule has 0 amide bonds. The number of hydrogen-bond donors (Lipinski definition) is 2. The number of aromatic hydroxyl groups is 1. The lowest BCUT2D eigenvalue weighted by atomic mass is 10.2. The largest absolute Gasteiger partial charge is 0.506 e. The SMILES string of the molecule is NCC(=O)On1cc(O)c2ccccc21. The number of nitrogens with zero attached hydrogens (tertiary/aromatic N) is 1. The molecule has 5 heteroatoms. The predicted molar refractivity (Wildman–Crippen MR) is 54.2 cm³/mol. The van der Waals surface area contributed by atoms with E-state index in [1.165, 1.54) is 10.9 Å². The third kappa shape index (κ3) is 1.64. The van der Waals surface area contributed by atoms with Gasteiger partial charge in [-0.15, -0.1) is 0 Å². The van der Waals surface area contributed by atoms with E-state index in [1.54, 1.807) is 24.3 Å². The molecule has 0 radical (unpaired) electrons. The molecule has 0 aliphatic carbocycles. The summed E-state index contributed by atoms with van der Waals surface area (Å²) in [6.07, 6.45) is 1.33. The van der Waals surface area contributed by atoms with Gasteiger partial charge < -0.3 is 15.7 Å². The van der Waals surface area contributed by atoms with Gasteiger partial charge in [-0.2, -0.15) is 4.73 Å². The number of aromatic nitrogens is 1. The Morgan fingerprint density at radius 3 is 2.93 bits per heavy atom. The fourth-order valence-corrected chi connectivity index (χ4v) is 1.36. The molecule has 0 atom stereocenters. The molecule has 0 aliphatic rings. The lowest BCUT2D eigenvalue weighted by Crippen LogP contribution is -2.26. The minimum Gasteiger partial charge on any atom is -0.506 e. The first kappa shape index (κ1) is 9.54. The van der Waals surface area contributed by atoms with Gasteiger partial charge in [0.25, 0.3) is 0 Å². The number of rotatable bonds is 2. The van der Waals surface area contributed by atoms with Crippen molar-refractivity contribution in [2.24, 2.45) is 5.73 Å². The highest BCUT2D eigenvalue weighted by molar-refractivity contribution is 5.86. The summed E-state index contributed by atoms with van der Waals surface area (Å²) in [6.45, 7) is -0.201. The predicted octanol–water partition coefficient (Wildman–Crippen LogP) is 0.261. The molecule has 0 bridgehead atoms. The van der Waals surface area contributed by atoms with Crippen LogP contribution in [0.25, 0.3) is 10.9 Å². The molecule has 0 aliphatic heterocycles. The quantitative estimate of drug-likeness (QED) is 0.738. The van der Waals surface area contributed by atoms with Crippen LogP contribution in [0.1, 0.15) is 0 Å². The van der Waals surface area contributed by atoms with E-state index in [-0.39, 0.29) is 12.3 Å². The van der Waals surface area contributed by atoms with Crippen molar-refractivity contribution in [1.82, 2.24) is 4.73 Å². The third-order valence-electron chi connectivity index (χ3n) is 2.02. The molecule has 5 nitrogen and oxygen atoms in total. The maximum absolute atomic E-state index is 11.0. The van der Waals surface area contributed by atoms with Crippen LogP contribution < -0.4 is 10.6 Å². The monoisotopic (exact) mass is 206 g/mol. The topological polar surface area (TPSA) is 77.5 Å². The normalized spacial score (nSPS) is 10.5.